The molecule has 1 heterocycles. The number of aliphatic hydroxyl groups excluding tert-OH is 1. The summed E-state index contributed by atoms with van der Waals surface area (Å²) in [6.45, 7) is 15.8. The molecule has 0 aliphatic rings. The third kappa shape index (κ3) is 13.3. The van der Waals surface area contributed by atoms with Crippen LogP contribution in [0.4, 0.5) is 5.69 Å². The summed E-state index contributed by atoms with van der Waals surface area (Å²) in [7, 11) is -2.41. The van der Waals surface area contributed by atoms with Crippen LogP contribution in [0, 0.1) is 23.7 Å². The molecule has 0 saturated carbocycles. The van der Waals surface area contributed by atoms with Gasteiger partial charge >= 0.3 is 0 Å². The lowest BCUT2D eigenvalue weighted by atomic mass is 9.91. The molecule has 4 amide bonds. The number of nitrogens with one attached hydrogen (secondary N) is 4. The summed E-state index contributed by atoms with van der Waals surface area (Å²) in [4.78, 5) is 57.4. The summed E-state index contributed by atoms with van der Waals surface area (Å²) in [5.74, 6) is -2.37. The highest BCUT2D eigenvalue weighted by atomic mass is 32.2. The molecule has 13 nitrogen and oxygen atoms in total. The first kappa shape index (κ1) is 42.6. The fourth-order valence-corrected chi connectivity index (χ4v) is 6.35. The number of aliphatic hydroxyl groups is 1. The number of sulfonamides is 1. The molecule has 280 valence electrons. The zero-order valence-corrected chi connectivity index (χ0v) is 32.6. The first-order chi connectivity index (χ1) is 23.2. The van der Waals surface area contributed by atoms with Crippen molar-refractivity contribution < 1.29 is 32.7 Å². The minimum Gasteiger partial charge on any atom is -0.391 e. The summed E-state index contributed by atoms with van der Waals surface area (Å²) in [5, 5.41) is 25.3. The van der Waals surface area contributed by atoms with Gasteiger partial charge in [-0.2, -0.15) is 0 Å². The molecule has 15 heteroatoms. The van der Waals surface area contributed by atoms with Crippen LogP contribution < -0.4 is 25.6 Å². The molecule has 50 heavy (non-hydrogen) atoms. The van der Waals surface area contributed by atoms with Gasteiger partial charge in [0.1, 0.15) is 11.0 Å². The predicted octanol–water partition coefficient (Wildman–Crippen LogP) is 3.48. The average molecular weight is 737 g/mol. The van der Waals surface area contributed by atoms with E-state index in [1.165, 1.54) is 36.6 Å². The number of thiazole rings is 1. The quantitative estimate of drug-likeness (QED) is 0.145. The molecule has 0 spiro atoms. The van der Waals surface area contributed by atoms with Gasteiger partial charge in [0.05, 0.1) is 36.3 Å². The Labute approximate surface area is 301 Å². The molecule has 5 N–H and O–H groups in total. The highest BCUT2D eigenvalue weighted by molar-refractivity contribution is 7.92. The molecule has 0 saturated heterocycles. The molecular formula is C35H56N6O7S2. The second kappa shape index (κ2) is 19.2. The number of anilines is 1. The van der Waals surface area contributed by atoms with Gasteiger partial charge < -0.3 is 26.4 Å². The average Bonchev–Trinajstić information content (AvgIpc) is 3.51. The Morgan fingerprint density at radius 2 is 1.50 bits per heavy atom. The van der Waals surface area contributed by atoms with Crippen LogP contribution in [0.1, 0.15) is 99.6 Å². The molecule has 1 aromatic heterocycles. The molecule has 2 aromatic rings. The zero-order valence-electron chi connectivity index (χ0n) is 31.0. The number of carbonyl (C=O) groups is 4. The van der Waals surface area contributed by atoms with Gasteiger partial charge in [-0.15, -0.1) is 11.3 Å². The number of nitrogens with zero attached hydrogens (tertiary/aromatic N) is 2. The van der Waals surface area contributed by atoms with E-state index >= 15 is 0 Å². The number of amides is 4. The molecule has 2 rings (SSSR count). The van der Waals surface area contributed by atoms with Gasteiger partial charge in [-0.1, -0.05) is 55.4 Å². The van der Waals surface area contributed by atoms with Gasteiger partial charge in [0.2, 0.25) is 21.8 Å². The van der Waals surface area contributed by atoms with Crippen LogP contribution in [0.5, 0.6) is 0 Å². The minimum absolute atomic E-state index is 0.00292. The highest BCUT2D eigenvalue weighted by Crippen LogP contribution is 2.23. The first-order valence-electron chi connectivity index (χ1n) is 17.1. The number of aromatic nitrogens is 1. The summed E-state index contributed by atoms with van der Waals surface area (Å²) in [5.41, 5.74) is 1.10. The molecule has 0 aliphatic carbocycles. The maximum Gasteiger partial charge on any atom is 0.251 e. The Kier molecular flexibility index (Phi) is 16.3. The van der Waals surface area contributed by atoms with Crippen LogP contribution in [-0.2, 0) is 32.6 Å². The van der Waals surface area contributed by atoms with E-state index in [0.717, 1.165) is 22.7 Å². The van der Waals surface area contributed by atoms with E-state index in [1.54, 1.807) is 6.92 Å². The van der Waals surface area contributed by atoms with E-state index in [9.17, 15) is 32.7 Å². The fraction of sp³-hybridized carbons (Fsp3) is 0.629. The Bertz CT molecular complexity index is 1570. The van der Waals surface area contributed by atoms with Crippen LogP contribution in [0.15, 0.2) is 23.6 Å². The van der Waals surface area contributed by atoms with Crippen molar-refractivity contribution in [1.82, 2.24) is 26.3 Å². The van der Waals surface area contributed by atoms with Gasteiger partial charge in [0, 0.05) is 36.0 Å². The van der Waals surface area contributed by atoms with Crippen molar-refractivity contribution >= 4 is 50.7 Å². The lowest BCUT2D eigenvalue weighted by Crippen LogP contribution is -2.52. The number of hydrogen-bond donors (Lipinski definition) is 5. The summed E-state index contributed by atoms with van der Waals surface area (Å²) < 4.78 is 25.8. The van der Waals surface area contributed by atoms with Crippen molar-refractivity contribution in [2.24, 2.45) is 23.7 Å². The number of carbonyl (C=O) groups excluding carboxylic acids is 4. The molecule has 0 aliphatic heterocycles. The lowest BCUT2D eigenvalue weighted by Gasteiger charge is -2.29. The Hall–Kier alpha value is -3.56. The summed E-state index contributed by atoms with van der Waals surface area (Å²) >= 11 is 1.41. The summed E-state index contributed by atoms with van der Waals surface area (Å²) in [6, 6.07) is 2.60. The Morgan fingerprint density at radius 3 is 2.02 bits per heavy atom. The van der Waals surface area contributed by atoms with Crippen LogP contribution in [0.3, 0.4) is 0 Å². The normalized spacial score (nSPS) is 14.2. The molecule has 4 atom stereocenters. The third-order valence-corrected chi connectivity index (χ3v) is 10.2. The van der Waals surface area contributed by atoms with Crippen molar-refractivity contribution in [3.63, 3.8) is 0 Å². The number of aryl methyl sites for hydroxylation is 1. The first-order valence-corrected chi connectivity index (χ1v) is 19.8. The maximum absolute atomic E-state index is 13.7. The monoisotopic (exact) mass is 736 g/mol. The van der Waals surface area contributed by atoms with Gasteiger partial charge in [-0.05, 0) is 55.2 Å². The van der Waals surface area contributed by atoms with Crippen LogP contribution in [0.2, 0.25) is 0 Å². The van der Waals surface area contributed by atoms with E-state index in [1.807, 2.05) is 53.8 Å². The van der Waals surface area contributed by atoms with E-state index in [2.05, 4.69) is 26.3 Å². The molecule has 1 aromatic carbocycles. The number of rotatable bonds is 19. The van der Waals surface area contributed by atoms with Gasteiger partial charge in [-0.3, -0.25) is 23.5 Å². The van der Waals surface area contributed by atoms with Crippen molar-refractivity contribution in [2.45, 2.75) is 99.4 Å². The van der Waals surface area contributed by atoms with E-state index in [0.29, 0.717) is 18.0 Å². The fourth-order valence-electron chi connectivity index (χ4n) is 5.05. The van der Waals surface area contributed by atoms with Crippen molar-refractivity contribution in [3.8, 4) is 0 Å². The largest absolute Gasteiger partial charge is 0.391 e. The van der Waals surface area contributed by atoms with Crippen molar-refractivity contribution in [2.75, 3.05) is 24.2 Å². The van der Waals surface area contributed by atoms with Crippen molar-refractivity contribution in [1.29, 1.82) is 0 Å². The Balaban J connectivity index is 2.28. The molecule has 0 bridgehead atoms. The Morgan fingerprint density at radius 1 is 0.880 bits per heavy atom. The van der Waals surface area contributed by atoms with E-state index < -0.39 is 51.9 Å². The highest BCUT2D eigenvalue weighted by Gasteiger charge is 2.30. The molecule has 4 unspecified atom stereocenters. The van der Waals surface area contributed by atoms with Crippen LogP contribution in [-0.4, -0.2) is 80.2 Å². The molecule has 0 fully saturated rings. The molecule has 0 radical (unpaired) electrons. The zero-order chi connectivity index (χ0) is 37.9. The third-order valence-electron chi connectivity index (χ3n) is 8.15. The van der Waals surface area contributed by atoms with Gasteiger partial charge in [0.15, 0.2) is 0 Å². The maximum atomic E-state index is 13.7. The van der Waals surface area contributed by atoms with Crippen molar-refractivity contribution in [3.05, 3.63) is 45.4 Å². The molecular weight excluding hydrogens is 681 g/mol. The smallest absolute Gasteiger partial charge is 0.251 e. The van der Waals surface area contributed by atoms with E-state index in [4.69, 9.17) is 0 Å². The van der Waals surface area contributed by atoms with E-state index in [-0.39, 0.29) is 53.4 Å². The predicted molar refractivity (Wildman–Crippen MR) is 197 cm³/mol. The standard InChI is InChI=1S/C35H56N6O7S2/c1-11-26-19-49-30(38-26)18-37-33(44)24-14-25(16-27(15-24)41(9)50(10,47)48)34(45)39-28(12-20(2)3)29(42)13-23(8)32(43)40-31(22(6)7)35(46)36-17-21(4)5/h14-16,19-23,28-29,31,42H,11-13,17-18H2,1-10H3,(H,36,46)(H,37,44)(H,39,45)(H,40,43). The number of hydrogen-bond acceptors (Lipinski definition) is 9. The number of benzene rings is 1. The lowest BCUT2D eigenvalue weighted by molar-refractivity contribution is -0.132. The van der Waals surface area contributed by atoms with Gasteiger partial charge in [-0.25, -0.2) is 13.4 Å². The second-order valence-corrected chi connectivity index (χ2v) is 17.0. The SMILES string of the molecule is CCc1csc(CNC(=O)c2cc(C(=O)NC(CC(C)C)C(O)CC(C)C(=O)NC(C(=O)NCC(C)C)C(C)C)cc(N(C)S(C)(=O)=O)c2)n1. The minimum atomic E-state index is -3.74. The summed E-state index contributed by atoms with van der Waals surface area (Å²) in [6.07, 6.45) is 1.02. The van der Waals surface area contributed by atoms with Gasteiger partial charge in [0.25, 0.3) is 11.8 Å². The topological polar surface area (TPSA) is 187 Å². The second-order valence-electron chi connectivity index (χ2n) is 14.1. The van der Waals surface area contributed by atoms with Crippen LogP contribution >= 0.6 is 11.3 Å². The van der Waals surface area contributed by atoms with Crippen LogP contribution in [0.25, 0.3) is 0 Å².